The van der Waals surface area contributed by atoms with Crippen LogP contribution in [0.25, 0.3) is 11.3 Å². The first-order valence-corrected chi connectivity index (χ1v) is 7.92. The minimum atomic E-state index is -0.120. The van der Waals surface area contributed by atoms with Gasteiger partial charge < -0.3 is 9.64 Å². The Labute approximate surface area is 146 Å². The monoisotopic (exact) mass is 339 g/mol. The number of H-pyrrole nitrogens is 1. The van der Waals surface area contributed by atoms with Crippen LogP contribution in [0.5, 0.6) is 5.75 Å². The summed E-state index contributed by atoms with van der Waals surface area (Å²) in [5.41, 5.74) is 3.98. The first-order valence-electron chi connectivity index (χ1n) is 7.92. The highest BCUT2D eigenvalue weighted by Gasteiger charge is 2.17. The van der Waals surface area contributed by atoms with Crippen molar-refractivity contribution in [2.75, 3.05) is 14.2 Å². The molecule has 0 unspecified atom stereocenters. The van der Waals surface area contributed by atoms with Gasteiger partial charge in [-0.25, -0.2) is 0 Å². The standard InChI is InChI=1S/C18H21N5O2/c1-12-14(11-23(3)21-12)10-22(2)18(24)17-9-16(19-20-17)13-6-5-7-15(8-13)25-4/h5-9,11H,10H2,1-4H3,(H,19,20). The normalized spacial score (nSPS) is 10.7. The maximum absolute atomic E-state index is 12.6. The van der Waals surface area contributed by atoms with Gasteiger partial charge in [0.25, 0.3) is 5.91 Å². The van der Waals surface area contributed by atoms with Gasteiger partial charge in [-0.05, 0) is 25.1 Å². The molecule has 0 atom stereocenters. The van der Waals surface area contributed by atoms with Crippen LogP contribution in [-0.4, -0.2) is 44.9 Å². The van der Waals surface area contributed by atoms with Crippen LogP contribution in [0.2, 0.25) is 0 Å². The Kier molecular flexibility index (Phi) is 4.56. The second-order valence-electron chi connectivity index (χ2n) is 5.97. The Morgan fingerprint density at radius 2 is 2.16 bits per heavy atom. The molecule has 0 saturated carbocycles. The number of aryl methyl sites for hydroxylation is 2. The van der Waals surface area contributed by atoms with Crippen molar-refractivity contribution in [1.29, 1.82) is 0 Å². The van der Waals surface area contributed by atoms with Gasteiger partial charge in [-0.3, -0.25) is 14.6 Å². The van der Waals surface area contributed by atoms with Crippen molar-refractivity contribution >= 4 is 5.91 Å². The summed E-state index contributed by atoms with van der Waals surface area (Å²) >= 11 is 0. The Balaban J connectivity index is 1.76. The lowest BCUT2D eigenvalue weighted by molar-refractivity contribution is 0.0779. The molecule has 25 heavy (non-hydrogen) atoms. The highest BCUT2D eigenvalue weighted by Crippen LogP contribution is 2.23. The van der Waals surface area contributed by atoms with E-state index in [0.717, 1.165) is 22.6 Å². The zero-order valence-corrected chi connectivity index (χ0v) is 14.8. The van der Waals surface area contributed by atoms with Gasteiger partial charge in [-0.1, -0.05) is 12.1 Å². The molecule has 2 heterocycles. The fourth-order valence-electron chi connectivity index (χ4n) is 2.70. The number of carbonyl (C=O) groups excluding carboxylic acids is 1. The van der Waals surface area contributed by atoms with Gasteiger partial charge in [0.05, 0.1) is 18.5 Å². The van der Waals surface area contributed by atoms with E-state index in [9.17, 15) is 4.79 Å². The molecule has 0 aliphatic carbocycles. The van der Waals surface area contributed by atoms with Crippen LogP contribution in [0.3, 0.4) is 0 Å². The molecule has 0 aliphatic rings. The van der Waals surface area contributed by atoms with Crippen LogP contribution in [0.15, 0.2) is 36.5 Å². The van der Waals surface area contributed by atoms with E-state index in [2.05, 4.69) is 15.3 Å². The zero-order valence-electron chi connectivity index (χ0n) is 14.8. The number of aromatic nitrogens is 4. The molecule has 3 rings (SSSR count). The molecule has 0 spiro atoms. The highest BCUT2D eigenvalue weighted by molar-refractivity contribution is 5.93. The summed E-state index contributed by atoms with van der Waals surface area (Å²) in [7, 11) is 5.25. The van der Waals surface area contributed by atoms with Gasteiger partial charge in [0, 0.05) is 38.0 Å². The minimum Gasteiger partial charge on any atom is -0.497 e. The number of amides is 1. The van der Waals surface area contributed by atoms with E-state index in [-0.39, 0.29) is 5.91 Å². The lowest BCUT2D eigenvalue weighted by atomic mass is 10.1. The van der Waals surface area contributed by atoms with E-state index >= 15 is 0 Å². The Morgan fingerprint density at radius 1 is 1.36 bits per heavy atom. The average Bonchev–Trinajstić information content (AvgIpc) is 3.21. The number of nitrogens with zero attached hydrogens (tertiary/aromatic N) is 4. The summed E-state index contributed by atoms with van der Waals surface area (Å²) in [6, 6.07) is 9.32. The fraction of sp³-hybridized carbons (Fsp3) is 0.278. The van der Waals surface area contributed by atoms with E-state index in [1.54, 1.807) is 29.8 Å². The van der Waals surface area contributed by atoms with Crippen molar-refractivity contribution in [3.63, 3.8) is 0 Å². The number of methoxy groups -OCH3 is 1. The zero-order chi connectivity index (χ0) is 18.0. The van der Waals surface area contributed by atoms with Gasteiger partial charge in [-0.15, -0.1) is 0 Å². The minimum absolute atomic E-state index is 0.120. The van der Waals surface area contributed by atoms with Gasteiger partial charge in [0.1, 0.15) is 11.4 Å². The van der Waals surface area contributed by atoms with Gasteiger partial charge in [-0.2, -0.15) is 10.2 Å². The Hall–Kier alpha value is -3.09. The van der Waals surface area contributed by atoms with Crippen molar-refractivity contribution in [1.82, 2.24) is 24.9 Å². The summed E-state index contributed by atoms with van der Waals surface area (Å²) in [5.74, 6) is 0.627. The van der Waals surface area contributed by atoms with Crippen LogP contribution in [0, 0.1) is 6.92 Å². The van der Waals surface area contributed by atoms with Crippen molar-refractivity contribution in [2.45, 2.75) is 13.5 Å². The quantitative estimate of drug-likeness (QED) is 0.774. The average molecular weight is 339 g/mol. The summed E-state index contributed by atoms with van der Waals surface area (Å²) in [6.45, 7) is 2.43. The number of rotatable bonds is 5. The summed E-state index contributed by atoms with van der Waals surface area (Å²) in [4.78, 5) is 14.3. The number of aromatic amines is 1. The molecule has 1 N–H and O–H groups in total. The van der Waals surface area contributed by atoms with Crippen LogP contribution >= 0.6 is 0 Å². The summed E-state index contributed by atoms with van der Waals surface area (Å²) < 4.78 is 6.98. The highest BCUT2D eigenvalue weighted by atomic mass is 16.5. The number of benzene rings is 1. The van der Waals surface area contributed by atoms with Crippen LogP contribution < -0.4 is 4.74 Å². The maximum atomic E-state index is 12.6. The molecule has 1 amide bonds. The molecule has 0 aliphatic heterocycles. The first kappa shape index (κ1) is 16.8. The Bertz CT molecular complexity index is 897. The predicted octanol–water partition coefficient (Wildman–Crippen LogP) is 2.40. The van der Waals surface area contributed by atoms with Crippen molar-refractivity contribution in [3.8, 4) is 17.0 Å². The molecule has 3 aromatic rings. The van der Waals surface area contributed by atoms with Crippen LogP contribution in [0.1, 0.15) is 21.7 Å². The third-order valence-electron chi connectivity index (χ3n) is 4.04. The van der Waals surface area contributed by atoms with E-state index < -0.39 is 0 Å². The molecular weight excluding hydrogens is 318 g/mol. The number of hydrogen-bond acceptors (Lipinski definition) is 4. The largest absolute Gasteiger partial charge is 0.497 e. The Morgan fingerprint density at radius 3 is 2.84 bits per heavy atom. The molecule has 0 bridgehead atoms. The summed E-state index contributed by atoms with van der Waals surface area (Å²) in [6.07, 6.45) is 1.92. The lowest BCUT2D eigenvalue weighted by Crippen LogP contribution is -2.26. The second-order valence-corrected chi connectivity index (χ2v) is 5.97. The summed E-state index contributed by atoms with van der Waals surface area (Å²) in [5, 5.41) is 11.4. The number of ether oxygens (including phenoxy) is 1. The predicted molar refractivity (Wildman–Crippen MR) is 94.3 cm³/mol. The number of carbonyl (C=O) groups is 1. The van der Waals surface area contributed by atoms with E-state index in [4.69, 9.17) is 4.74 Å². The van der Waals surface area contributed by atoms with E-state index in [0.29, 0.717) is 17.9 Å². The maximum Gasteiger partial charge on any atom is 0.271 e. The molecule has 0 saturated heterocycles. The van der Waals surface area contributed by atoms with Crippen molar-refractivity contribution in [3.05, 3.63) is 53.5 Å². The second kappa shape index (κ2) is 6.80. The molecule has 0 radical (unpaired) electrons. The SMILES string of the molecule is COc1cccc(-c2cc(C(=O)N(C)Cc3cn(C)nc3C)[nH]n2)c1. The number of nitrogens with one attached hydrogen (secondary N) is 1. The van der Waals surface area contributed by atoms with Gasteiger partial charge >= 0.3 is 0 Å². The molecule has 7 heteroatoms. The van der Waals surface area contributed by atoms with E-state index in [1.165, 1.54) is 0 Å². The third kappa shape index (κ3) is 3.55. The van der Waals surface area contributed by atoms with Crippen LogP contribution in [-0.2, 0) is 13.6 Å². The smallest absolute Gasteiger partial charge is 0.271 e. The molecular formula is C18H21N5O2. The molecule has 130 valence electrons. The molecule has 1 aromatic carbocycles. The van der Waals surface area contributed by atoms with Gasteiger partial charge in [0.15, 0.2) is 0 Å². The molecule has 2 aromatic heterocycles. The first-order chi connectivity index (χ1) is 12.0. The molecule has 7 nitrogen and oxygen atoms in total. The third-order valence-corrected chi connectivity index (χ3v) is 4.04. The van der Waals surface area contributed by atoms with Crippen LogP contribution in [0.4, 0.5) is 0 Å². The number of hydrogen-bond donors (Lipinski definition) is 1. The molecule has 0 fully saturated rings. The fourth-order valence-corrected chi connectivity index (χ4v) is 2.70. The van der Waals surface area contributed by atoms with E-state index in [1.807, 2.05) is 44.4 Å². The topological polar surface area (TPSA) is 76.0 Å². The van der Waals surface area contributed by atoms with Crippen molar-refractivity contribution in [2.24, 2.45) is 7.05 Å². The lowest BCUT2D eigenvalue weighted by Gasteiger charge is -2.15. The van der Waals surface area contributed by atoms with Crippen molar-refractivity contribution < 1.29 is 9.53 Å². The van der Waals surface area contributed by atoms with Gasteiger partial charge in [0.2, 0.25) is 0 Å².